The molecule has 2 heterocycles. The van der Waals surface area contributed by atoms with E-state index < -0.39 is 0 Å². The van der Waals surface area contributed by atoms with E-state index in [9.17, 15) is 4.79 Å². The third-order valence-corrected chi connectivity index (χ3v) is 7.65. The molecule has 2 aliphatic rings. The van der Waals surface area contributed by atoms with Gasteiger partial charge in [-0.15, -0.1) is 10.2 Å². The summed E-state index contributed by atoms with van der Waals surface area (Å²) in [6, 6.07) is 20.5. The second kappa shape index (κ2) is 9.26. The molecular weight excluding hydrogens is 438 g/mol. The molecule has 0 radical (unpaired) electrons. The Balaban J connectivity index is 1.46. The van der Waals surface area contributed by atoms with E-state index in [1.807, 2.05) is 36.4 Å². The highest BCUT2D eigenvalue weighted by Gasteiger charge is 2.43. The lowest BCUT2D eigenvalue weighted by molar-refractivity contribution is -0.130. The Morgan fingerprint density at radius 3 is 2.59 bits per heavy atom. The SMILES string of the molecule is Nc1nnc(SCC(=O)N2N=C3/C(=C\c4ccccc4)CCCC3C2c2ccccc2)s1. The third-order valence-electron chi connectivity index (χ3n) is 5.78. The zero-order chi connectivity index (χ0) is 21.9. The van der Waals surface area contributed by atoms with Crippen molar-refractivity contribution >= 4 is 45.9 Å². The molecule has 0 bridgehead atoms. The second-order valence-corrected chi connectivity index (χ2v) is 10.1. The summed E-state index contributed by atoms with van der Waals surface area (Å²) in [5.74, 6) is 0.421. The standard InChI is InChI=1S/C24H23N5OS2/c25-23-26-27-24(32-23)31-15-20(30)29-22(17-10-5-2-6-11-17)19-13-7-12-18(21(19)28-29)14-16-8-3-1-4-9-16/h1-6,8-11,14,19,22H,7,12-13,15H2,(H2,25,26)/b18-14-. The van der Waals surface area contributed by atoms with E-state index in [4.69, 9.17) is 10.8 Å². The van der Waals surface area contributed by atoms with Gasteiger partial charge in [-0.25, -0.2) is 5.01 Å². The van der Waals surface area contributed by atoms with Crippen LogP contribution < -0.4 is 5.73 Å². The van der Waals surface area contributed by atoms with Crippen LogP contribution in [0, 0.1) is 5.92 Å². The van der Waals surface area contributed by atoms with Crippen LogP contribution in [0.1, 0.15) is 36.4 Å². The molecule has 8 heteroatoms. The number of allylic oxidation sites excluding steroid dienone is 1. The van der Waals surface area contributed by atoms with Crippen molar-refractivity contribution in [3.63, 3.8) is 0 Å². The van der Waals surface area contributed by atoms with Crippen LogP contribution in [-0.2, 0) is 4.79 Å². The molecule has 1 saturated carbocycles. The number of fused-ring (bicyclic) bond motifs is 1. The normalized spacial score (nSPS) is 21.4. The summed E-state index contributed by atoms with van der Waals surface area (Å²) < 4.78 is 0.695. The number of hydrogen-bond donors (Lipinski definition) is 1. The quantitative estimate of drug-likeness (QED) is 0.539. The average molecular weight is 462 g/mol. The first kappa shape index (κ1) is 20.9. The maximum absolute atomic E-state index is 13.3. The van der Waals surface area contributed by atoms with Crippen LogP contribution in [0.15, 0.2) is 75.7 Å². The number of thioether (sulfide) groups is 1. The number of carbonyl (C=O) groups is 1. The van der Waals surface area contributed by atoms with Crippen molar-refractivity contribution in [3.8, 4) is 0 Å². The number of rotatable bonds is 5. The lowest BCUT2D eigenvalue weighted by Gasteiger charge is -2.29. The number of hydrogen-bond acceptors (Lipinski definition) is 7. The Bertz CT molecular complexity index is 1160. The molecule has 1 aliphatic heterocycles. The van der Waals surface area contributed by atoms with Crippen LogP contribution in [-0.4, -0.2) is 32.6 Å². The topological polar surface area (TPSA) is 84.5 Å². The highest BCUT2D eigenvalue weighted by atomic mass is 32.2. The third kappa shape index (κ3) is 4.33. The Kier molecular flexibility index (Phi) is 6.05. The van der Waals surface area contributed by atoms with Gasteiger partial charge in [0.1, 0.15) is 0 Å². The van der Waals surface area contributed by atoms with Gasteiger partial charge >= 0.3 is 0 Å². The van der Waals surface area contributed by atoms with E-state index in [0.717, 1.165) is 36.1 Å². The smallest absolute Gasteiger partial charge is 0.253 e. The fraction of sp³-hybridized carbons (Fsp3) is 0.250. The van der Waals surface area contributed by atoms with Gasteiger partial charge in [0.2, 0.25) is 5.13 Å². The van der Waals surface area contributed by atoms with Gasteiger partial charge in [-0.05, 0) is 42.0 Å². The van der Waals surface area contributed by atoms with Crippen molar-refractivity contribution in [2.24, 2.45) is 11.0 Å². The van der Waals surface area contributed by atoms with Crippen molar-refractivity contribution in [2.75, 3.05) is 11.5 Å². The van der Waals surface area contributed by atoms with Gasteiger partial charge in [-0.3, -0.25) is 4.79 Å². The highest BCUT2D eigenvalue weighted by Crippen LogP contribution is 2.44. The summed E-state index contributed by atoms with van der Waals surface area (Å²) in [7, 11) is 0. The Labute approximate surface area is 195 Å². The molecule has 2 N–H and O–H groups in total. The first-order valence-corrected chi connectivity index (χ1v) is 12.4. The fourth-order valence-electron chi connectivity index (χ4n) is 4.41. The molecule has 2 aromatic carbocycles. The van der Waals surface area contributed by atoms with Crippen molar-refractivity contribution in [1.29, 1.82) is 0 Å². The lowest BCUT2D eigenvalue weighted by Crippen LogP contribution is -2.32. The molecule has 1 aromatic heterocycles. The minimum atomic E-state index is -0.0849. The summed E-state index contributed by atoms with van der Waals surface area (Å²) in [6.45, 7) is 0. The van der Waals surface area contributed by atoms with Crippen molar-refractivity contribution in [1.82, 2.24) is 15.2 Å². The number of amides is 1. The van der Waals surface area contributed by atoms with Crippen LogP contribution in [0.2, 0.25) is 0 Å². The molecule has 32 heavy (non-hydrogen) atoms. The van der Waals surface area contributed by atoms with E-state index in [-0.39, 0.29) is 23.6 Å². The van der Waals surface area contributed by atoms with Gasteiger partial charge in [0.05, 0.1) is 17.5 Å². The molecule has 2 unspecified atom stereocenters. The molecular formula is C24H23N5OS2. The van der Waals surface area contributed by atoms with E-state index in [1.165, 1.54) is 28.7 Å². The number of nitrogens with zero attached hydrogens (tertiary/aromatic N) is 4. The van der Waals surface area contributed by atoms with Gasteiger partial charge < -0.3 is 5.73 Å². The van der Waals surface area contributed by atoms with Gasteiger partial charge in [-0.2, -0.15) is 5.10 Å². The molecule has 162 valence electrons. The molecule has 5 rings (SSSR count). The summed E-state index contributed by atoms with van der Waals surface area (Å²) >= 11 is 2.65. The molecule has 6 nitrogen and oxygen atoms in total. The molecule has 0 spiro atoms. The zero-order valence-corrected chi connectivity index (χ0v) is 19.1. The largest absolute Gasteiger partial charge is 0.374 e. The highest BCUT2D eigenvalue weighted by molar-refractivity contribution is 8.01. The van der Waals surface area contributed by atoms with Crippen molar-refractivity contribution in [3.05, 3.63) is 77.4 Å². The Hall–Kier alpha value is -2.97. The maximum atomic E-state index is 13.3. The number of benzene rings is 2. The zero-order valence-electron chi connectivity index (χ0n) is 17.4. The van der Waals surface area contributed by atoms with Crippen LogP contribution >= 0.6 is 23.1 Å². The predicted molar refractivity (Wildman–Crippen MR) is 130 cm³/mol. The number of nitrogens with two attached hydrogens (primary N) is 1. The monoisotopic (exact) mass is 461 g/mol. The van der Waals surface area contributed by atoms with Crippen LogP contribution in [0.25, 0.3) is 6.08 Å². The second-order valence-electron chi connectivity index (χ2n) is 7.85. The fourth-order valence-corrected chi connectivity index (χ4v) is 5.90. The molecule has 3 aromatic rings. The van der Waals surface area contributed by atoms with E-state index in [1.54, 1.807) is 5.01 Å². The van der Waals surface area contributed by atoms with E-state index in [0.29, 0.717) is 9.47 Å². The molecule has 1 aliphatic carbocycles. The van der Waals surface area contributed by atoms with Crippen molar-refractivity contribution < 1.29 is 4.79 Å². The first-order valence-electron chi connectivity index (χ1n) is 10.6. The maximum Gasteiger partial charge on any atom is 0.253 e. The summed E-state index contributed by atoms with van der Waals surface area (Å²) in [6.07, 6.45) is 5.31. The molecule has 2 atom stereocenters. The van der Waals surface area contributed by atoms with Gasteiger partial charge in [-0.1, -0.05) is 83.8 Å². The predicted octanol–water partition coefficient (Wildman–Crippen LogP) is 5.04. The summed E-state index contributed by atoms with van der Waals surface area (Å²) in [4.78, 5) is 13.3. The molecule has 1 amide bonds. The lowest BCUT2D eigenvalue weighted by atomic mass is 9.77. The number of anilines is 1. The minimum Gasteiger partial charge on any atom is -0.374 e. The van der Waals surface area contributed by atoms with Gasteiger partial charge in [0.25, 0.3) is 5.91 Å². The van der Waals surface area contributed by atoms with Gasteiger partial charge in [0, 0.05) is 5.92 Å². The summed E-state index contributed by atoms with van der Waals surface area (Å²) in [5, 5.41) is 14.9. The van der Waals surface area contributed by atoms with Crippen LogP contribution in [0.5, 0.6) is 0 Å². The van der Waals surface area contributed by atoms with E-state index >= 15 is 0 Å². The van der Waals surface area contributed by atoms with Crippen LogP contribution in [0.3, 0.4) is 0 Å². The minimum absolute atomic E-state index is 0.0291. The number of nitrogen functional groups attached to an aromatic ring is 1. The molecule has 0 saturated heterocycles. The Morgan fingerprint density at radius 2 is 1.88 bits per heavy atom. The van der Waals surface area contributed by atoms with Crippen LogP contribution in [0.4, 0.5) is 5.13 Å². The summed E-state index contributed by atoms with van der Waals surface area (Å²) in [5.41, 5.74) is 10.2. The Morgan fingerprint density at radius 1 is 1.12 bits per heavy atom. The average Bonchev–Trinajstić information content (AvgIpc) is 3.43. The number of carbonyl (C=O) groups excluding carboxylic acids is 1. The first-order chi connectivity index (χ1) is 15.7. The number of aromatic nitrogens is 2. The van der Waals surface area contributed by atoms with Crippen molar-refractivity contribution in [2.45, 2.75) is 29.6 Å². The molecule has 1 fully saturated rings. The van der Waals surface area contributed by atoms with E-state index in [2.05, 4.69) is 40.5 Å². The number of hydrazone groups is 1. The van der Waals surface area contributed by atoms with Gasteiger partial charge in [0.15, 0.2) is 4.34 Å².